The molecule has 0 aliphatic rings. The number of alkyl halides is 1. The van der Waals surface area contributed by atoms with E-state index in [4.69, 9.17) is 33.2 Å². The molecule has 5 heteroatoms. The molecule has 86 valence electrons. The van der Waals surface area contributed by atoms with Gasteiger partial charge in [-0.15, -0.1) is 39.8 Å². The van der Waals surface area contributed by atoms with Gasteiger partial charge in [0.1, 0.15) is 0 Å². The lowest BCUT2D eigenvalue weighted by atomic mass is 10.1. The van der Waals surface area contributed by atoms with Crippen LogP contribution in [0.2, 0.25) is 0 Å². The molecule has 0 amide bonds. The molecule has 0 aliphatic carbocycles. The van der Waals surface area contributed by atoms with E-state index < -0.39 is 6.73 Å². The number of allylic oxidation sites excluding steroid dienone is 1. The molecule has 0 heterocycles. The highest BCUT2D eigenvalue weighted by molar-refractivity contribution is 7.54. The first-order valence-corrected chi connectivity index (χ1v) is 9.98. The van der Waals surface area contributed by atoms with Gasteiger partial charge in [0.25, 0.3) is 0 Å². The number of hydrogen-bond acceptors (Lipinski definition) is 0. The molecule has 0 saturated heterocycles. The molecule has 0 rings (SSSR count). The van der Waals surface area contributed by atoms with Gasteiger partial charge >= 0.3 is 6.73 Å². The van der Waals surface area contributed by atoms with Gasteiger partial charge in [0.05, 0.1) is 6.67 Å². The molecule has 0 saturated carbocycles. The molecule has 0 nitrogen and oxygen atoms in total. The summed E-state index contributed by atoms with van der Waals surface area (Å²) in [6.07, 6.45) is 8.46. The summed E-state index contributed by atoms with van der Waals surface area (Å²) in [6, 6.07) is 0. The fourth-order valence-corrected chi connectivity index (χ4v) is 0.913. The monoisotopic (exact) mass is 278 g/mol. The summed E-state index contributed by atoms with van der Waals surface area (Å²) < 4.78 is 11.6. The Morgan fingerprint density at radius 1 is 1.00 bits per heavy atom. The maximum absolute atomic E-state index is 11.6. The fraction of sp³-hybridized carbons (Fsp3) is 0.778. The SMILES string of the molecule is C=CCCCCCCCF.Cl[SiH](Cl)Cl. The molecule has 0 aromatic heterocycles. The van der Waals surface area contributed by atoms with Gasteiger partial charge in [-0.25, -0.2) is 0 Å². The molecule has 0 bridgehead atoms. The van der Waals surface area contributed by atoms with Crippen molar-refractivity contribution < 1.29 is 4.39 Å². The summed E-state index contributed by atoms with van der Waals surface area (Å²) in [5.74, 6) is 0. The number of hydrogen-bond donors (Lipinski definition) is 0. The van der Waals surface area contributed by atoms with Crippen LogP contribution in [0.1, 0.15) is 38.5 Å². The molecule has 0 radical (unpaired) electrons. The van der Waals surface area contributed by atoms with Crippen molar-refractivity contribution in [3.8, 4) is 0 Å². The summed E-state index contributed by atoms with van der Waals surface area (Å²) in [7, 11) is 0. The summed E-state index contributed by atoms with van der Waals surface area (Å²) in [4.78, 5) is 0. The molecular formula is C9H18Cl3FSi. The van der Waals surface area contributed by atoms with Crippen LogP contribution in [0, 0.1) is 0 Å². The summed E-state index contributed by atoms with van der Waals surface area (Å²) >= 11 is 14.8. The molecule has 0 aliphatic heterocycles. The highest BCUT2D eigenvalue weighted by Gasteiger charge is 1.87. The van der Waals surface area contributed by atoms with Crippen LogP contribution >= 0.6 is 33.2 Å². The predicted octanol–water partition coefficient (Wildman–Crippen LogP) is 4.90. The molecule has 0 spiro atoms. The van der Waals surface area contributed by atoms with Gasteiger partial charge in [-0.2, -0.15) is 0 Å². The highest BCUT2D eigenvalue weighted by atomic mass is 35.8. The van der Waals surface area contributed by atoms with E-state index in [9.17, 15) is 4.39 Å². The van der Waals surface area contributed by atoms with Gasteiger partial charge in [-0.3, -0.25) is 4.39 Å². The van der Waals surface area contributed by atoms with E-state index in [-0.39, 0.29) is 6.67 Å². The zero-order valence-corrected chi connectivity index (χ0v) is 11.7. The van der Waals surface area contributed by atoms with Gasteiger partial charge in [-0.05, 0) is 19.3 Å². The molecule has 0 N–H and O–H groups in total. The number of halogens is 4. The molecule has 0 atom stereocenters. The third-order valence-electron chi connectivity index (χ3n) is 1.54. The van der Waals surface area contributed by atoms with Crippen molar-refractivity contribution in [3.63, 3.8) is 0 Å². The quantitative estimate of drug-likeness (QED) is 0.269. The molecule has 14 heavy (non-hydrogen) atoms. The molecular weight excluding hydrogens is 262 g/mol. The third-order valence-corrected chi connectivity index (χ3v) is 1.54. The summed E-state index contributed by atoms with van der Waals surface area (Å²) in [5.41, 5.74) is 0. The minimum atomic E-state index is -1.72. The Bertz CT molecular complexity index is 109. The average molecular weight is 280 g/mol. The van der Waals surface area contributed by atoms with E-state index in [0.717, 1.165) is 19.3 Å². The van der Waals surface area contributed by atoms with E-state index in [1.165, 1.54) is 19.3 Å². The van der Waals surface area contributed by atoms with Crippen molar-refractivity contribution in [2.45, 2.75) is 38.5 Å². The zero-order chi connectivity index (χ0) is 11.2. The van der Waals surface area contributed by atoms with Crippen LogP contribution in [-0.2, 0) is 0 Å². The third kappa shape index (κ3) is 29.3. The first-order valence-electron chi connectivity index (χ1n) is 4.74. The highest BCUT2D eigenvalue weighted by Crippen LogP contribution is 2.05. The van der Waals surface area contributed by atoms with Crippen molar-refractivity contribution in [2.24, 2.45) is 0 Å². The number of unbranched alkanes of at least 4 members (excludes halogenated alkanes) is 5. The van der Waals surface area contributed by atoms with Crippen LogP contribution in [0.25, 0.3) is 0 Å². The second kappa shape index (κ2) is 16.2. The zero-order valence-electron chi connectivity index (χ0n) is 8.32. The van der Waals surface area contributed by atoms with E-state index in [1.807, 2.05) is 6.08 Å². The Hall–Kier alpha value is 0.757. The lowest BCUT2D eigenvalue weighted by Crippen LogP contribution is -1.79. The lowest BCUT2D eigenvalue weighted by Gasteiger charge is -1.95. The molecule has 0 unspecified atom stereocenters. The Labute approximate surface area is 102 Å². The normalized spacial score (nSPS) is 9.50. The van der Waals surface area contributed by atoms with Crippen molar-refractivity contribution in [3.05, 3.63) is 12.7 Å². The van der Waals surface area contributed by atoms with Gasteiger partial charge in [0, 0.05) is 0 Å². The molecule has 0 aromatic rings. The van der Waals surface area contributed by atoms with Crippen molar-refractivity contribution >= 4 is 40.0 Å². The van der Waals surface area contributed by atoms with E-state index in [2.05, 4.69) is 6.58 Å². The lowest BCUT2D eigenvalue weighted by molar-refractivity contribution is 0.451. The second-order valence-corrected chi connectivity index (χ2v) is 9.21. The summed E-state index contributed by atoms with van der Waals surface area (Å²) in [6.45, 7) is 1.76. The van der Waals surface area contributed by atoms with Crippen molar-refractivity contribution in [1.29, 1.82) is 0 Å². The minimum Gasteiger partial charge on any atom is -0.251 e. The summed E-state index contributed by atoms with van der Waals surface area (Å²) in [5, 5.41) is 0. The Morgan fingerprint density at radius 2 is 1.43 bits per heavy atom. The van der Waals surface area contributed by atoms with Gasteiger partial charge in [0.2, 0.25) is 0 Å². The molecule has 0 aromatic carbocycles. The van der Waals surface area contributed by atoms with Crippen LogP contribution in [0.4, 0.5) is 4.39 Å². The Morgan fingerprint density at radius 3 is 1.86 bits per heavy atom. The predicted molar refractivity (Wildman–Crippen MR) is 68.6 cm³/mol. The molecule has 0 fully saturated rings. The fourth-order valence-electron chi connectivity index (χ4n) is 0.913. The van der Waals surface area contributed by atoms with Crippen LogP contribution in [0.3, 0.4) is 0 Å². The standard InChI is InChI=1S/C9H17F.Cl3HSi/c1-2-3-4-5-6-7-8-9-10;1-4(2)3/h2H,1,3-9H2;4H. The minimum absolute atomic E-state index is 0.151. The van der Waals surface area contributed by atoms with E-state index in [0.29, 0.717) is 0 Å². The van der Waals surface area contributed by atoms with Crippen molar-refractivity contribution in [1.82, 2.24) is 0 Å². The van der Waals surface area contributed by atoms with Gasteiger partial charge in [-0.1, -0.05) is 25.3 Å². The Balaban J connectivity index is 0. The van der Waals surface area contributed by atoms with Crippen LogP contribution in [0.5, 0.6) is 0 Å². The largest absolute Gasteiger partial charge is 0.326 e. The van der Waals surface area contributed by atoms with E-state index >= 15 is 0 Å². The van der Waals surface area contributed by atoms with Crippen LogP contribution in [-0.4, -0.2) is 13.4 Å². The van der Waals surface area contributed by atoms with E-state index in [1.54, 1.807) is 0 Å². The van der Waals surface area contributed by atoms with Gasteiger partial charge < -0.3 is 0 Å². The topological polar surface area (TPSA) is 0 Å². The average Bonchev–Trinajstić information content (AvgIpc) is 2.10. The maximum atomic E-state index is 11.6. The van der Waals surface area contributed by atoms with Crippen molar-refractivity contribution in [2.75, 3.05) is 6.67 Å². The van der Waals surface area contributed by atoms with Crippen LogP contribution in [0.15, 0.2) is 12.7 Å². The van der Waals surface area contributed by atoms with Crippen LogP contribution < -0.4 is 0 Å². The first-order chi connectivity index (χ1) is 6.65. The smallest absolute Gasteiger partial charge is 0.251 e. The second-order valence-electron chi connectivity index (χ2n) is 2.78. The maximum Gasteiger partial charge on any atom is 0.326 e. The Kier molecular flexibility index (Phi) is 19.9. The first kappa shape index (κ1) is 17.2. The number of rotatable bonds is 7. The van der Waals surface area contributed by atoms with Gasteiger partial charge in [0.15, 0.2) is 0 Å².